The van der Waals surface area contributed by atoms with Gasteiger partial charge < -0.3 is 9.64 Å². The van der Waals surface area contributed by atoms with Gasteiger partial charge in [-0.1, -0.05) is 6.92 Å². The third kappa shape index (κ3) is 5.15. The Hall–Kier alpha value is -0.170. The lowest BCUT2D eigenvalue weighted by atomic mass is 10.0. The van der Waals surface area contributed by atoms with E-state index in [4.69, 9.17) is 4.74 Å². The third-order valence-electron chi connectivity index (χ3n) is 5.63. The molecule has 6 heteroatoms. The van der Waals surface area contributed by atoms with E-state index in [0.717, 1.165) is 51.4 Å². The first-order chi connectivity index (χ1) is 11.0. The number of sulfone groups is 1. The van der Waals surface area contributed by atoms with Crippen molar-refractivity contribution in [2.24, 2.45) is 5.92 Å². The third-order valence-corrected chi connectivity index (χ3v) is 7.38. The van der Waals surface area contributed by atoms with Gasteiger partial charge in [0.1, 0.15) is 0 Å². The van der Waals surface area contributed by atoms with Gasteiger partial charge in [0.15, 0.2) is 9.84 Å². The van der Waals surface area contributed by atoms with E-state index in [1.165, 1.54) is 25.9 Å². The first kappa shape index (κ1) is 17.6. The number of hydrogen-bond acceptors (Lipinski definition) is 5. The molecule has 3 rings (SSSR count). The summed E-state index contributed by atoms with van der Waals surface area (Å²) in [5, 5.41) is 0. The summed E-state index contributed by atoms with van der Waals surface area (Å²) >= 11 is 0. The minimum Gasteiger partial charge on any atom is -0.377 e. The number of nitrogens with zero attached hydrogens (tertiary/aromatic N) is 2. The van der Waals surface area contributed by atoms with Gasteiger partial charge in [-0.2, -0.15) is 0 Å². The van der Waals surface area contributed by atoms with Crippen LogP contribution in [0.1, 0.15) is 39.0 Å². The van der Waals surface area contributed by atoms with E-state index >= 15 is 0 Å². The highest BCUT2D eigenvalue weighted by Gasteiger charge is 2.34. The van der Waals surface area contributed by atoms with Crippen LogP contribution in [-0.2, 0) is 14.6 Å². The Morgan fingerprint density at radius 3 is 2.74 bits per heavy atom. The van der Waals surface area contributed by atoms with Crippen LogP contribution in [0.5, 0.6) is 0 Å². The van der Waals surface area contributed by atoms with Gasteiger partial charge >= 0.3 is 0 Å². The van der Waals surface area contributed by atoms with Crippen molar-refractivity contribution in [2.45, 2.75) is 51.2 Å². The van der Waals surface area contributed by atoms with Crippen molar-refractivity contribution in [3.8, 4) is 0 Å². The molecule has 3 unspecified atom stereocenters. The molecule has 3 saturated heterocycles. The number of hydrogen-bond donors (Lipinski definition) is 0. The van der Waals surface area contributed by atoms with Crippen molar-refractivity contribution < 1.29 is 13.2 Å². The molecular formula is C17H32N2O3S. The van der Waals surface area contributed by atoms with Gasteiger partial charge in [0.25, 0.3) is 0 Å². The molecule has 5 nitrogen and oxygen atoms in total. The second-order valence-corrected chi connectivity index (χ2v) is 9.96. The number of piperidine rings is 1. The lowest BCUT2D eigenvalue weighted by molar-refractivity contribution is 0.0531. The van der Waals surface area contributed by atoms with Crippen LogP contribution in [0.3, 0.4) is 0 Å². The molecule has 0 spiro atoms. The Bertz CT molecular complexity index is 476. The summed E-state index contributed by atoms with van der Waals surface area (Å²) in [6.07, 6.45) is 6.01. The van der Waals surface area contributed by atoms with Gasteiger partial charge in [0.05, 0.1) is 17.6 Å². The molecule has 0 saturated carbocycles. The summed E-state index contributed by atoms with van der Waals surface area (Å²) in [6.45, 7) is 8.53. The number of likely N-dealkylation sites (tertiary alicyclic amines) is 1. The van der Waals surface area contributed by atoms with Gasteiger partial charge in [-0.3, -0.25) is 4.90 Å². The molecule has 3 aliphatic rings. The van der Waals surface area contributed by atoms with Crippen LogP contribution < -0.4 is 0 Å². The predicted octanol–water partition coefficient (Wildman–Crippen LogP) is 1.39. The molecule has 0 aromatic heterocycles. The van der Waals surface area contributed by atoms with Crippen LogP contribution in [0.15, 0.2) is 0 Å². The van der Waals surface area contributed by atoms with Crippen molar-refractivity contribution in [3.63, 3.8) is 0 Å². The molecule has 3 atom stereocenters. The van der Waals surface area contributed by atoms with Crippen molar-refractivity contribution in [1.82, 2.24) is 9.80 Å². The average molecular weight is 345 g/mol. The Kier molecular flexibility index (Phi) is 5.99. The van der Waals surface area contributed by atoms with E-state index in [1.807, 2.05) is 0 Å². The summed E-state index contributed by atoms with van der Waals surface area (Å²) in [5.74, 6) is 1.50. The molecule has 0 radical (unpaired) electrons. The van der Waals surface area contributed by atoms with E-state index in [1.54, 1.807) is 0 Å². The minimum atomic E-state index is -2.82. The maximum Gasteiger partial charge on any atom is 0.151 e. The van der Waals surface area contributed by atoms with Gasteiger partial charge in [0.2, 0.25) is 0 Å². The smallest absolute Gasteiger partial charge is 0.151 e. The fourth-order valence-electron chi connectivity index (χ4n) is 4.30. The monoisotopic (exact) mass is 344 g/mol. The quantitative estimate of drug-likeness (QED) is 0.729. The first-order valence-corrected chi connectivity index (χ1v) is 11.1. The summed E-state index contributed by atoms with van der Waals surface area (Å²) in [5.41, 5.74) is 0. The van der Waals surface area contributed by atoms with Crippen LogP contribution in [0.25, 0.3) is 0 Å². The lowest BCUT2D eigenvalue weighted by Crippen LogP contribution is -2.46. The van der Waals surface area contributed by atoms with Gasteiger partial charge in [-0.05, 0) is 44.6 Å². The van der Waals surface area contributed by atoms with Gasteiger partial charge in [0, 0.05) is 38.8 Å². The van der Waals surface area contributed by atoms with Crippen molar-refractivity contribution >= 4 is 9.84 Å². The summed E-state index contributed by atoms with van der Waals surface area (Å²) in [7, 11) is -2.82. The summed E-state index contributed by atoms with van der Waals surface area (Å²) in [6, 6.07) is 0.200. The van der Waals surface area contributed by atoms with Gasteiger partial charge in [-0.25, -0.2) is 8.42 Å². The molecular weight excluding hydrogens is 312 g/mol. The average Bonchev–Trinajstić information content (AvgIpc) is 3.13. The van der Waals surface area contributed by atoms with Crippen LogP contribution in [0.4, 0.5) is 0 Å². The maximum atomic E-state index is 11.9. The van der Waals surface area contributed by atoms with E-state index in [-0.39, 0.29) is 6.04 Å². The fourth-order valence-corrected chi connectivity index (χ4v) is 6.06. The SMILES string of the molecule is CC1CCCN(CCN(CC2CCCO2)C2CCS(=O)(=O)C2)C1. The van der Waals surface area contributed by atoms with E-state index in [2.05, 4.69) is 16.7 Å². The van der Waals surface area contributed by atoms with Crippen LogP contribution in [0, 0.1) is 5.92 Å². The van der Waals surface area contributed by atoms with E-state index < -0.39 is 9.84 Å². The second-order valence-electron chi connectivity index (χ2n) is 7.73. The molecule has 134 valence electrons. The highest BCUT2D eigenvalue weighted by molar-refractivity contribution is 7.91. The fraction of sp³-hybridized carbons (Fsp3) is 1.00. The lowest BCUT2D eigenvalue weighted by Gasteiger charge is -2.35. The second kappa shape index (κ2) is 7.81. The molecule has 0 aliphatic carbocycles. The molecule has 0 N–H and O–H groups in total. The first-order valence-electron chi connectivity index (χ1n) is 9.30. The molecule has 3 heterocycles. The number of ether oxygens (including phenoxy) is 1. The highest BCUT2D eigenvalue weighted by Crippen LogP contribution is 2.22. The van der Waals surface area contributed by atoms with E-state index in [9.17, 15) is 8.42 Å². The Morgan fingerprint density at radius 2 is 2.09 bits per heavy atom. The Labute approximate surface area is 141 Å². The molecule has 0 aromatic carbocycles. The maximum absolute atomic E-state index is 11.9. The van der Waals surface area contributed by atoms with Crippen LogP contribution in [-0.4, -0.2) is 81.2 Å². The normalized spacial score (nSPS) is 35.1. The zero-order valence-corrected chi connectivity index (χ0v) is 15.3. The Balaban J connectivity index is 1.55. The number of rotatable bonds is 6. The van der Waals surface area contributed by atoms with E-state index in [0.29, 0.717) is 17.6 Å². The Morgan fingerprint density at radius 1 is 1.22 bits per heavy atom. The zero-order valence-electron chi connectivity index (χ0n) is 14.5. The van der Waals surface area contributed by atoms with Crippen molar-refractivity contribution in [2.75, 3.05) is 50.8 Å². The molecule has 3 fully saturated rings. The van der Waals surface area contributed by atoms with Gasteiger partial charge in [-0.15, -0.1) is 0 Å². The predicted molar refractivity (Wildman–Crippen MR) is 92.4 cm³/mol. The highest BCUT2D eigenvalue weighted by atomic mass is 32.2. The molecule has 0 amide bonds. The molecule has 0 aromatic rings. The minimum absolute atomic E-state index is 0.200. The summed E-state index contributed by atoms with van der Waals surface area (Å²) < 4.78 is 29.5. The largest absolute Gasteiger partial charge is 0.377 e. The topological polar surface area (TPSA) is 49.9 Å². The zero-order chi connectivity index (χ0) is 16.3. The van der Waals surface area contributed by atoms with Crippen molar-refractivity contribution in [1.29, 1.82) is 0 Å². The van der Waals surface area contributed by atoms with Crippen LogP contribution >= 0.6 is 0 Å². The van der Waals surface area contributed by atoms with Crippen LogP contribution in [0.2, 0.25) is 0 Å². The molecule has 23 heavy (non-hydrogen) atoms. The molecule has 3 aliphatic heterocycles. The summed E-state index contributed by atoms with van der Waals surface area (Å²) in [4.78, 5) is 4.97. The molecule has 0 bridgehead atoms. The standard InChI is InChI=1S/C17H32N2O3S/c1-15-4-2-7-18(12-15)8-9-19(13-17-5-3-10-22-17)16-6-11-23(20,21)14-16/h15-17H,2-14H2,1H3. The van der Waals surface area contributed by atoms with Crippen molar-refractivity contribution in [3.05, 3.63) is 0 Å².